The zero-order valence-electron chi connectivity index (χ0n) is 14.3. The summed E-state index contributed by atoms with van der Waals surface area (Å²) in [5.41, 5.74) is 0.208. The van der Waals surface area contributed by atoms with Crippen molar-refractivity contribution in [2.45, 2.75) is 19.5 Å². The molecule has 0 saturated heterocycles. The van der Waals surface area contributed by atoms with E-state index in [1.807, 2.05) is 6.07 Å². The number of hydrogen-bond donors (Lipinski definition) is 0. The van der Waals surface area contributed by atoms with E-state index in [2.05, 4.69) is 33.9 Å². The number of hydrogen-bond acceptors (Lipinski definition) is 5. The second-order valence-corrected chi connectivity index (χ2v) is 8.06. The van der Waals surface area contributed by atoms with Crippen LogP contribution in [0.5, 0.6) is 0 Å². The lowest BCUT2D eigenvalue weighted by atomic mass is 10.2. The average molecular weight is 376 g/mol. The second kappa shape index (κ2) is 7.95. The molecule has 25 heavy (non-hydrogen) atoms. The van der Waals surface area contributed by atoms with E-state index in [0.29, 0.717) is 6.54 Å². The summed E-state index contributed by atoms with van der Waals surface area (Å²) in [7, 11) is 3.23. The molecule has 0 N–H and O–H groups in total. The summed E-state index contributed by atoms with van der Waals surface area (Å²) in [5.74, 6) is 0. The first-order valence-corrected chi connectivity index (χ1v) is 9.83. The molecule has 0 radical (unpaired) electrons. The molecule has 0 aliphatic rings. The van der Waals surface area contributed by atoms with Crippen LogP contribution in [0.15, 0.2) is 50.7 Å². The van der Waals surface area contributed by atoms with Crippen molar-refractivity contribution in [1.82, 2.24) is 14.0 Å². The van der Waals surface area contributed by atoms with Crippen LogP contribution in [0.2, 0.25) is 0 Å². The van der Waals surface area contributed by atoms with Gasteiger partial charge in [-0.15, -0.1) is 22.7 Å². The van der Waals surface area contributed by atoms with E-state index in [9.17, 15) is 9.59 Å². The third-order valence-electron chi connectivity index (χ3n) is 4.23. The number of thiophene rings is 2. The molecule has 0 spiro atoms. The Morgan fingerprint density at radius 2 is 1.64 bits per heavy atom. The fourth-order valence-corrected chi connectivity index (χ4v) is 4.16. The van der Waals surface area contributed by atoms with Crippen molar-refractivity contribution in [3.05, 3.63) is 77.4 Å². The normalized spacial score (nSPS) is 11.3. The quantitative estimate of drug-likeness (QED) is 0.637. The van der Waals surface area contributed by atoms with Crippen molar-refractivity contribution in [3.63, 3.8) is 0 Å². The van der Waals surface area contributed by atoms with Gasteiger partial charge in [-0.25, -0.2) is 4.79 Å². The third-order valence-corrected chi connectivity index (χ3v) is 6.02. The molecule has 3 heterocycles. The first-order chi connectivity index (χ1) is 12.0. The molecular weight excluding hydrogens is 354 g/mol. The predicted molar refractivity (Wildman–Crippen MR) is 103 cm³/mol. The van der Waals surface area contributed by atoms with Crippen LogP contribution in [0.3, 0.4) is 0 Å². The summed E-state index contributed by atoms with van der Waals surface area (Å²) in [6.07, 6.45) is 0.960. The van der Waals surface area contributed by atoms with Gasteiger partial charge in [-0.1, -0.05) is 12.1 Å². The minimum atomic E-state index is -0.281. The zero-order valence-corrected chi connectivity index (χ0v) is 16.0. The van der Waals surface area contributed by atoms with E-state index in [1.54, 1.807) is 40.4 Å². The minimum absolute atomic E-state index is 0.257. The van der Waals surface area contributed by atoms with Gasteiger partial charge < -0.3 is 0 Å². The Bertz CT molecular complexity index is 924. The van der Waals surface area contributed by atoms with E-state index in [4.69, 9.17) is 0 Å². The van der Waals surface area contributed by atoms with Crippen LogP contribution < -0.4 is 11.2 Å². The molecule has 132 valence electrons. The van der Waals surface area contributed by atoms with Crippen molar-refractivity contribution in [2.75, 3.05) is 6.54 Å². The predicted octanol–water partition coefficient (Wildman–Crippen LogP) is 2.45. The lowest BCUT2D eigenvalue weighted by Crippen LogP contribution is -2.39. The molecule has 0 unspecified atom stereocenters. The molecule has 3 aromatic heterocycles. The highest BCUT2D eigenvalue weighted by molar-refractivity contribution is 7.10. The zero-order chi connectivity index (χ0) is 17.8. The van der Waals surface area contributed by atoms with Gasteiger partial charge in [0.15, 0.2) is 0 Å². The SMILES string of the molecule is Cn1c(CN(CCc2cccs2)Cc2cccs2)cc(=O)n(C)c1=O. The Morgan fingerprint density at radius 3 is 2.28 bits per heavy atom. The molecular formula is C18H21N3O2S2. The van der Waals surface area contributed by atoms with Gasteiger partial charge in [-0.3, -0.25) is 18.8 Å². The molecule has 0 fully saturated rings. The molecule has 5 nitrogen and oxygen atoms in total. The maximum atomic E-state index is 12.2. The summed E-state index contributed by atoms with van der Waals surface area (Å²) >= 11 is 3.48. The van der Waals surface area contributed by atoms with Gasteiger partial charge in [0.2, 0.25) is 0 Å². The molecule has 7 heteroatoms. The van der Waals surface area contributed by atoms with Gasteiger partial charge in [0.05, 0.1) is 0 Å². The fourth-order valence-electron chi connectivity index (χ4n) is 2.72. The lowest BCUT2D eigenvalue weighted by Gasteiger charge is -2.23. The number of nitrogens with zero attached hydrogens (tertiary/aromatic N) is 3. The lowest BCUT2D eigenvalue weighted by molar-refractivity contribution is 0.255. The van der Waals surface area contributed by atoms with E-state index in [0.717, 1.165) is 29.8 Å². The van der Waals surface area contributed by atoms with Crippen LogP contribution in [0.4, 0.5) is 0 Å². The molecule has 0 atom stereocenters. The van der Waals surface area contributed by atoms with E-state index >= 15 is 0 Å². The highest BCUT2D eigenvalue weighted by atomic mass is 32.1. The van der Waals surface area contributed by atoms with Gasteiger partial charge in [0.25, 0.3) is 5.56 Å². The Labute approximate surface area is 154 Å². The van der Waals surface area contributed by atoms with Crippen LogP contribution in [-0.2, 0) is 33.6 Å². The molecule has 0 aromatic carbocycles. The van der Waals surface area contributed by atoms with Crippen LogP contribution in [0, 0.1) is 0 Å². The summed E-state index contributed by atoms with van der Waals surface area (Å²) in [4.78, 5) is 29.1. The van der Waals surface area contributed by atoms with Gasteiger partial charge >= 0.3 is 5.69 Å². The molecule has 3 aromatic rings. The molecule has 0 amide bonds. The van der Waals surface area contributed by atoms with Gasteiger partial charge in [0, 0.05) is 55.2 Å². The fraction of sp³-hybridized carbons (Fsp3) is 0.333. The largest absolute Gasteiger partial charge is 0.330 e. The molecule has 0 saturated carbocycles. The van der Waals surface area contributed by atoms with Crippen molar-refractivity contribution in [2.24, 2.45) is 14.1 Å². The van der Waals surface area contributed by atoms with Crippen molar-refractivity contribution >= 4 is 22.7 Å². The Kier molecular flexibility index (Phi) is 5.67. The molecule has 0 aliphatic carbocycles. The minimum Gasteiger partial charge on any atom is -0.299 e. The van der Waals surface area contributed by atoms with Crippen molar-refractivity contribution in [1.29, 1.82) is 0 Å². The number of aromatic nitrogens is 2. The van der Waals surface area contributed by atoms with Crippen LogP contribution >= 0.6 is 22.7 Å². The van der Waals surface area contributed by atoms with Crippen LogP contribution in [0.1, 0.15) is 15.4 Å². The summed E-state index contributed by atoms with van der Waals surface area (Å²) in [6, 6.07) is 9.93. The van der Waals surface area contributed by atoms with Crippen molar-refractivity contribution < 1.29 is 0 Å². The van der Waals surface area contributed by atoms with Gasteiger partial charge in [0.1, 0.15) is 0 Å². The van der Waals surface area contributed by atoms with E-state index in [-0.39, 0.29) is 11.2 Å². The van der Waals surface area contributed by atoms with Crippen molar-refractivity contribution in [3.8, 4) is 0 Å². The summed E-state index contributed by atoms with van der Waals surface area (Å²) < 4.78 is 2.70. The third kappa shape index (κ3) is 4.36. The highest BCUT2D eigenvalue weighted by Crippen LogP contribution is 2.16. The first-order valence-electron chi connectivity index (χ1n) is 8.07. The van der Waals surface area contributed by atoms with Gasteiger partial charge in [-0.05, 0) is 29.3 Å². The smallest absolute Gasteiger partial charge is 0.299 e. The Hall–Kier alpha value is -1.96. The summed E-state index contributed by atoms with van der Waals surface area (Å²) in [6.45, 7) is 2.26. The molecule has 0 bridgehead atoms. The van der Waals surface area contributed by atoms with Gasteiger partial charge in [-0.2, -0.15) is 0 Å². The Morgan fingerprint density at radius 1 is 0.960 bits per heavy atom. The maximum Gasteiger partial charge on any atom is 0.330 e. The van der Waals surface area contributed by atoms with Crippen LogP contribution in [0.25, 0.3) is 0 Å². The van der Waals surface area contributed by atoms with E-state index in [1.165, 1.54) is 16.8 Å². The summed E-state index contributed by atoms with van der Waals surface area (Å²) in [5, 5.41) is 4.16. The molecule has 3 rings (SSSR count). The standard InChI is InChI=1S/C18H21N3O2S2/c1-19-14(11-17(22)20(2)18(19)23)12-21(13-16-6-4-10-25-16)8-7-15-5-3-9-24-15/h3-6,9-11H,7-8,12-13H2,1-2H3. The monoisotopic (exact) mass is 375 g/mol. The molecule has 0 aliphatic heterocycles. The number of rotatable bonds is 7. The topological polar surface area (TPSA) is 47.2 Å². The first kappa shape index (κ1) is 17.8. The maximum absolute atomic E-state index is 12.2. The van der Waals surface area contributed by atoms with Crippen LogP contribution in [-0.4, -0.2) is 20.6 Å². The van der Waals surface area contributed by atoms with E-state index < -0.39 is 0 Å². The second-order valence-electron chi connectivity index (χ2n) is 5.99. The Balaban J connectivity index is 1.81. The highest BCUT2D eigenvalue weighted by Gasteiger charge is 2.13. The average Bonchev–Trinajstić information content (AvgIpc) is 3.29.